The van der Waals surface area contributed by atoms with Crippen molar-refractivity contribution >= 4 is 11.4 Å². The maximum Gasteiger partial charge on any atom is 0.310 e. The third-order valence-electron chi connectivity index (χ3n) is 2.20. The monoisotopic (exact) mass is 241 g/mol. The molecule has 0 aliphatic heterocycles. The van der Waals surface area contributed by atoms with E-state index in [4.69, 9.17) is 9.47 Å². The molecule has 1 aromatic heterocycles. The number of pyridine rings is 1. The molecule has 1 heterocycles. The Bertz CT molecular complexity index is 372. The summed E-state index contributed by atoms with van der Waals surface area (Å²) in [7, 11) is 3.13. The second kappa shape index (κ2) is 6.77. The molecule has 0 radical (unpaired) electrons. The van der Waals surface area contributed by atoms with Crippen LogP contribution < -0.4 is 5.32 Å². The molecule has 1 rings (SSSR count). The summed E-state index contributed by atoms with van der Waals surface area (Å²) in [5, 5.41) is 13.7. The fraction of sp³-hybridized carbons (Fsp3) is 0.500. The molecule has 0 bridgehead atoms. The van der Waals surface area contributed by atoms with Crippen LogP contribution in [-0.2, 0) is 9.47 Å². The molecule has 7 heteroatoms. The summed E-state index contributed by atoms with van der Waals surface area (Å²) in [6, 6.07) is 1.55. The van der Waals surface area contributed by atoms with Gasteiger partial charge in [-0.15, -0.1) is 0 Å². The minimum Gasteiger partial charge on any atom is -0.382 e. The maximum absolute atomic E-state index is 10.7. The van der Waals surface area contributed by atoms with Gasteiger partial charge in [0.25, 0.3) is 0 Å². The highest BCUT2D eigenvalue weighted by Crippen LogP contribution is 2.21. The Hall–Kier alpha value is -1.73. The van der Waals surface area contributed by atoms with Crippen molar-refractivity contribution in [2.45, 2.75) is 6.10 Å². The number of ether oxygens (including phenoxy) is 2. The van der Waals surface area contributed by atoms with Gasteiger partial charge >= 0.3 is 5.69 Å². The number of anilines is 1. The van der Waals surface area contributed by atoms with Crippen LogP contribution in [0.4, 0.5) is 11.4 Å². The highest BCUT2D eigenvalue weighted by atomic mass is 16.6. The summed E-state index contributed by atoms with van der Waals surface area (Å²) >= 11 is 0. The van der Waals surface area contributed by atoms with E-state index in [1.54, 1.807) is 20.3 Å². The number of rotatable bonds is 7. The van der Waals surface area contributed by atoms with Gasteiger partial charge in [-0.25, -0.2) is 0 Å². The van der Waals surface area contributed by atoms with Gasteiger partial charge in [-0.05, 0) is 6.07 Å². The lowest BCUT2D eigenvalue weighted by Crippen LogP contribution is -2.26. The molecule has 94 valence electrons. The number of nitrogens with zero attached hydrogens (tertiary/aromatic N) is 2. The first-order valence-electron chi connectivity index (χ1n) is 5.03. The van der Waals surface area contributed by atoms with Crippen LogP contribution in [0.1, 0.15) is 0 Å². The van der Waals surface area contributed by atoms with Gasteiger partial charge in [-0.3, -0.25) is 15.1 Å². The Labute approximate surface area is 98.9 Å². The van der Waals surface area contributed by atoms with E-state index in [0.717, 1.165) is 0 Å². The van der Waals surface area contributed by atoms with Crippen LogP contribution in [0.15, 0.2) is 18.5 Å². The van der Waals surface area contributed by atoms with Crippen molar-refractivity contribution in [3.05, 3.63) is 28.6 Å². The van der Waals surface area contributed by atoms with Gasteiger partial charge in [0.05, 0.1) is 17.6 Å². The van der Waals surface area contributed by atoms with Crippen molar-refractivity contribution < 1.29 is 14.4 Å². The summed E-state index contributed by atoms with van der Waals surface area (Å²) in [5.41, 5.74) is 0.364. The molecule has 0 aliphatic rings. The smallest absolute Gasteiger partial charge is 0.310 e. The van der Waals surface area contributed by atoms with Crippen LogP contribution in [0.5, 0.6) is 0 Å². The number of nitro groups is 1. The van der Waals surface area contributed by atoms with E-state index in [1.165, 1.54) is 12.4 Å². The highest BCUT2D eigenvalue weighted by Gasteiger charge is 2.14. The molecule has 7 nitrogen and oxygen atoms in total. The minimum atomic E-state index is -0.479. The van der Waals surface area contributed by atoms with Crippen LogP contribution in [0.2, 0.25) is 0 Å². The van der Waals surface area contributed by atoms with Crippen molar-refractivity contribution in [2.75, 3.05) is 32.7 Å². The lowest BCUT2D eigenvalue weighted by Gasteiger charge is -2.15. The van der Waals surface area contributed by atoms with E-state index in [9.17, 15) is 10.1 Å². The molecule has 1 aromatic rings. The normalized spacial score (nSPS) is 12.1. The van der Waals surface area contributed by atoms with E-state index < -0.39 is 4.92 Å². The van der Waals surface area contributed by atoms with E-state index in [0.29, 0.717) is 18.8 Å². The summed E-state index contributed by atoms with van der Waals surface area (Å²) in [6.07, 6.45) is 2.54. The van der Waals surface area contributed by atoms with Crippen LogP contribution in [0, 0.1) is 10.1 Å². The van der Waals surface area contributed by atoms with Crippen molar-refractivity contribution in [3.63, 3.8) is 0 Å². The highest BCUT2D eigenvalue weighted by molar-refractivity contribution is 5.59. The van der Waals surface area contributed by atoms with Crippen molar-refractivity contribution in [1.82, 2.24) is 4.98 Å². The molecule has 1 N–H and O–H groups in total. The average molecular weight is 241 g/mol. The van der Waals surface area contributed by atoms with Gasteiger partial charge in [-0.1, -0.05) is 0 Å². The largest absolute Gasteiger partial charge is 0.382 e. The molecule has 0 aliphatic carbocycles. The van der Waals surface area contributed by atoms with Gasteiger partial charge in [0.15, 0.2) is 0 Å². The zero-order valence-electron chi connectivity index (χ0n) is 9.75. The second-order valence-corrected chi connectivity index (χ2v) is 3.34. The van der Waals surface area contributed by atoms with E-state index in [-0.39, 0.29) is 11.8 Å². The predicted molar refractivity (Wildman–Crippen MR) is 62.1 cm³/mol. The van der Waals surface area contributed by atoms with Crippen molar-refractivity contribution in [3.8, 4) is 0 Å². The first-order valence-corrected chi connectivity index (χ1v) is 5.03. The molecule has 0 amide bonds. The minimum absolute atomic E-state index is 0.0558. The van der Waals surface area contributed by atoms with Gasteiger partial charge in [0, 0.05) is 27.0 Å². The SMILES string of the molecule is COCC(CNc1ccncc1[N+](=O)[O-])OC. The molecule has 0 aromatic carbocycles. The quantitative estimate of drug-likeness (QED) is 0.567. The zero-order valence-corrected chi connectivity index (χ0v) is 9.75. The lowest BCUT2D eigenvalue weighted by atomic mass is 10.3. The van der Waals surface area contributed by atoms with E-state index in [2.05, 4.69) is 10.3 Å². The standard InChI is InChI=1S/C10H15N3O4/c1-16-7-8(17-2)5-12-9-3-4-11-6-10(9)13(14)15/h3-4,6,8H,5,7H2,1-2H3,(H,11,12). The average Bonchev–Trinajstić information content (AvgIpc) is 2.34. The Morgan fingerprint density at radius 1 is 1.59 bits per heavy atom. The first kappa shape index (κ1) is 13.3. The predicted octanol–water partition coefficient (Wildman–Crippen LogP) is 1.06. The molecule has 0 saturated carbocycles. The van der Waals surface area contributed by atoms with Gasteiger partial charge in [0.2, 0.25) is 0 Å². The van der Waals surface area contributed by atoms with Crippen molar-refractivity contribution in [2.24, 2.45) is 0 Å². The summed E-state index contributed by atoms with van der Waals surface area (Å²) in [5.74, 6) is 0. The number of nitrogens with one attached hydrogen (secondary N) is 1. The lowest BCUT2D eigenvalue weighted by molar-refractivity contribution is -0.384. The first-order chi connectivity index (χ1) is 8.19. The molecular formula is C10H15N3O4. The van der Waals surface area contributed by atoms with Crippen LogP contribution >= 0.6 is 0 Å². The Balaban J connectivity index is 2.65. The van der Waals surface area contributed by atoms with Crippen LogP contribution in [0.25, 0.3) is 0 Å². The molecule has 1 unspecified atom stereocenters. The van der Waals surface area contributed by atoms with Crippen molar-refractivity contribution in [1.29, 1.82) is 0 Å². The fourth-order valence-electron chi connectivity index (χ4n) is 1.30. The molecule has 0 saturated heterocycles. The zero-order chi connectivity index (χ0) is 12.7. The molecular weight excluding hydrogens is 226 g/mol. The number of hydrogen-bond donors (Lipinski definition) is 1. The number of methoxy groups -OCH3 is 2. The van der Waals surface area contributed by atoms with Crippen LogP contribution in [0.3, 0.4) is 0 Å². The second-order valence-electron chi connectivity index (χ2n) is 3.34. The fourth-order valence-corrected chi connectivity index (χ4v) is 1.30. The number of aromatic nitrogens is 1. The summed E-state index contributed by atoms with van der Waals surface area (Å²) < 4.78 is 10.1. The Morgan fingerprint density at radius 3 is 2.94 bits per heavy atom. The third kappa shape index (κ3) is 3.97. The number of hydrogen-bond acceptors (Lipinski definition) is 6. The van der Waals surface area contributed by atoms with Gasteiger partial charge in [-0.2, -0.15) is 0 Å². The van der Waals surface area contributed by atoms with Gasteiger partial charge < -0.3 is 14.8 Å². The summed E-state index contributed by atoms with van der Waals surface area (Å²) in [4.78, 5) is 14.0. The Kier molecular flexibility index (Phi) is 5.31. The maximum atomic E-state index is 10.7. The van der Waals surface area contributed by atoms with E-state index in [1.807, 2.05) is 0 Å². The van der Waals surface area contributed by atoms with E-state index >= 15 is 0 Å². The van der Waals surface area contributed by atoms with Crippen LogP contribution in [-0.4, -0.2) is 43.4 Å². The third-order valence-corrected chi connectivity index (χ3v) is 2.20. The topological polar surface area (TPSA) is 86.5 Å². The van der Waals surface area contributed by atoms with Gasteiger partial charge in [0.1, 0.15) is 11.9 Å². The Morgan fingerprint density at radius 2 is 2.35 bits per heavy atom. The molecule has 0 spiro atoms. The molecule has 0 fully saturated rings. The molecule has 1 atom stereocenters. The molecule has 17 heavy (non-hydrogen) atoms. The summed E-state index contributed by atoms with van der Waals surface area (Å²) in [6.45, 7) is 0.845.